The lowest BCUT2D eigenvalue weighted by Gasteiger charge is -2.02. The van der Waals surface area contributed by atoms with Gasteiger partial charge in [0.2, 0.25) is 0 Å². The van der Waals surface area contributed by atoms with Crippen LogP contribution in [-0.4, -0.2) is 33.2 Å². The van der Waals surface area contributed by atoms with Gasteiger partial charge in [-0.15, -0.1) is 0 Å². The molecule has 0 fully saturated rings. The van der Waals surface area contributed by atoms with Crippen LogP contribution in [-0.2, 0) is 11.3 Å². The lowest BCUT2D eigenvalue weighted by Crippen LogP contribution is -2.19. The average molecular weight is 260 g/mol. The highest BCUT2D eigenvalue weighted by Gasteiger charge is 2.11. The third-order valence-electron chi connectivity index (χ3n) is 2.82. The summed E-state index contributed by atoms with van der Waals surface area (Å²) >= 11 is 0. The lowest BCUT2D eigenvalue weighted by molar-refractivity contribution is 0.187. The predicted octanol–water partition coefficient (Wildman–Crippen LogP) is 1.03. The fraction of sp³-hybridized carbons (Fsp3) is 0.250. The zero-order valence-corrected chi connectivity index (χ0v) is 10.3. The van der Waals surface area contributed by atoms with Gasteiger partial charge in [-0.2, -0.15) is 0 Å². The van der Waals surface area contributed by atoms with Gasteiger partial charge in [0.1, 0.15) is 0 Å². The Balaban J connectivity index is 2.13. The topological polar surface area (TPSA) is 85.9 Å². The van der Waals surface area contributed by atoms with Crippen molar-refractivity contribution in [3.8, 4) is 11.3 Å². The zero-order chi connectivity index (χ0) is 13.2. The van der Waals surface area contributed by atoms with E-state index in [4.69, 9.17) is 9.15 Å². The molecule has 0 bridgehead atoms. The quantitative estimate of drug-likeness (QED) is 0.757. The molecule has 7 heteroatoms. The highest BCUT2D eigenvalue weighted by Crippen LogP contribution is 2.18. The first kappa shape index (κ1) is 11.7. The van der Waals surface area contributed by atoms with Gasteiger partial charge < -0.3 is 9.15 Å². The van der Waals surface area contributed by atoms with Crippen molar-refractivity contribution in [3.63, 3.8) is 0 Å². The molecule has 0 saturated carbocycles. The Kier molecular flexibility index (Phi) is 2.88. The minimum atomic E-state index is -0.239. The third kappa shape index (κ3) is 2.04. The molecule has 3 aromatic heterocycles. The molecule has 0 unspecified atom stereocenters. The van der Waals surface area contributed by atoms with Crippen molar-refractivity contribution in [3.05, 3.63) is 35.3 Å². The van der Waals surface area contributed by atoms with E-state index in [0.717, 1.165) is 5.56 Å². The van der Waals surface area contributed by atoms with Crippen LogP contribution in [0.2, 0.25) is 0 Å². The van der Waals surface area contributed by atoms with E-state index in [1.165, 1.54) is 4.57 Å². The summed E-state index contributed by atoms with van der Waals surface area (Å²) in [5.41, 5.74) is 2.22. The van der Waals surface area contributed by atoms with Gasteiger partial charge in [-0.3, -0.25) is 9.55 Å². The molecule has 0 radical (unpaired) electrons. The standard InChI is InChI=1S/C12H12N4O3/c1-18-5-3-16-11-10(15-12(16)17)13-6-9(14-11)8-2-4-19-7-8/h2,4,6-7H,3,5H2,1H3,(H,13,15,17). The van der Waals surface area contributed by atoms with E-state index < -0.39 is 0 Å². The Labute approximate surface area is 107 Å². The Morgan fingerprint density at radius 2 is 2.42 bits per heavy atom. The summed E-state index contributed by atoms with van der Waals surface area (Å²) < 4.78 is 11.5. The van der Waals surface area contributed by atoms with Crippen molar-refractivity contribution >= 4 is 11.3 Å². The number of aromatic amines is 1. The molecule has 0 aliphatic rings. The fourth-order valence-electron chi connectivity index (χ4n) is 1.86. The van der Waals surface area contributed by atoms with Crippen molar-refractivity contribution in [1.29, 1.82) is 0 Å². The van der Waals surface area contributed by atoms with Crippen molar-refractivity contribution in [1.82, 2.24) is 19.5 Å². The Bertz CT molecular complexity index is 742. The lowest BCUT2D eigenvalue weighted by atomic mass is 10.2. The van der Waals surface area contributed by atoms with Gasteiger partial charge in [-0.1, -0.05) is 0 Å². The smallest absolute Gasteiger partial charge is 0.328 e. The molecule has 3 rings (SSSR count). The number of imidazole rings is 1. The van der Waals surface area contributed by atoms with Crippen LogP contribution in [0.3, 0.4) is 0 Å². The SMILES string of the molecule is COCCn1c(=O)[nH]c2ncc(-c3ccoc3)nc21. The van der Waals surface area contributed by atoms with E-state index in [-0.39, 0.29) is 5.69 Å². The Hall–Kier alpha value is -2.41. The molecular formula is C12H12N4O3. The molecule has 98 valence electrons. The van der Waals surface area contributed by atoms with Crippen molar-refractivity contribution in [2.75, 3.05) is 13.7 Å². The Morgan fingerprint density at radius 3 is 3.16 bits per heavy atom. The number of nitrogens with zero attached hydrogens (tertiary/aromatic N) is 3. The number of ether oxygens (including phenoxy) is 1. The second-order valence-corrected chi connectivity index (χ2v) is 4.01. The number of nitrogens with one attached hydrogen (secondary N) is 1. The summed E-state index contributed by atoms with van der Waals surface area (Å²) in [5.74, 6) is 0. The number of H-pyrrole nitrogens is 1. The molecule has 0 aliphatic carbocycles. The van der Waals surface area contributed by atoms with Crippen LogP contribution in [0.1, 0.15) is 0 Å². The number of hydrogen-bond donors (Lipinski definition) is 1. The summed E-state index contributed by atoms with van der Waals surface area (Å²) in [5, 5.41) is 0. The molecule has 0 atom stereocenters. The molecule has 0 saturated heterocycles. The molecule has 0 amide bonds. The summed E-state index contributed by atoms with van der Waals surface area (Å²) in [6.45, 7) is 0.864. The van der Waals surface area contributed by atoms with Crippen LogP contribution < -0.4 is 5.69 Å². The van der Waals surface area contributed by atoms with Crippen LogP contribution in [0.15, 0.2) is 34.0 Å². The first-order valence-electron chi connectivity index (χ1n) is 5.76. The molecule has 3 aromatic rings. The first-order chi connectivity index (χ1) is 9.29. The van der Waals surface area contributed by atoms with E-state index in [1.807, 2.05) is 0 Å². The highest BCUT2D eigenvalue weighted by molar-refractivity contribution is 5.70. The van der Waals surface area contributed by atoms with Crippen LogP contribution in [0.4, 0.5) is 0 Å². The maximum atomic E-state index is 11.8. The number of rotatable bonds is 4. The van der Waals surface area contributed by atoms with Gasteiger partial charge in [0.25, 0.3) is 0 Å². The molecular weight excluding hydrogens is 248 g/mol. The van der Waals surface area contributed by atoms with Gasteiger partial charge in [-0.05, 0) is 6.07 Å². The summed E-state index contributed by atoms with van der Waals surface area (Å²) in [6, 6.07) is 1.79. The predicted molar refractivity (Wildman–Crippen MR) is 67.7 cm³/mol. The van der Waals surface area contributed by atoms with E-state index in [0.29, 0.717) is 30.1 Å². The summed E-state index contributed by atoms with van der Waals surface area (Å²) in [7, 11) is 1.59. The van der Waals surface area contributed by atoms with Gasteiger partial charge >= 0.3 is 5.69 Å². The fourth-order valence-corrected chi connectivity index (χ4v) is 1.86. The minimum Gasteiger partial charge on any atom is -0.472 e. The molecule has 7 nitrogen and oxygen atoms in total. The normalized spacial score (nSPS) is 11.2. The zero-order valence-electron chi connectivity index (χ0n) is 10.3. The molecule has 0 aliphatic heterocycles. The minimum absolute atomic E-state index is 0.239. The van der Waals surface area contributed by atoms with Crippen molar-refractivity contribution < 1.29 is 9.15 Å². The van der Waals surface area contributed by atoms with Crippen LogP contribution in [0, 0.1) is 0 Å². The van der Waals surface area contributed by atoms with Gasteiger partial charge in [0.05, 0.1) is 37.6 Å². The van der Waals surface area contributed by atoms with E-state index in [2.05, 4.69) is 15.0 Å². The molecule has 19 heavy (non-hydrogen) atoms. The third-order valence-corrected chi connectivity index (χ3v) is 2.82. The number of furan rings is 1. The van der Waals surface area contributed by atoms with Crippen molar-refractivity contribution in [2.24, 2.45) is 0 Å². The van der Waals surface area contributed by atoms with Crippen LogP contribution >= 0.6 is 0 Å². The van der Waals surface area contributed by atoms with Gasteiger partial charge in [-0.25, -0.2) is 14.8 Å². The first-order valence-corrected chi connectivity index (χ1v) is 5.76. The number of aromatic nitrogens is 4. The van der Waals surface area contributed by atoms with E-state index >= 15 is 0 Å². The maximum Gasteiger partial charge on any atom is 0.328 e. The Morgan fingerprint density at radius 1 is 1.53 bits per heavy atom. The average Bonchev–Trinajstić information content (AvgIpc) is 3.03. The number of hydrogen-bond acceptors (Lipinski definition) is 5. The van der Waals surface area contributed by atoms with E-state index in [1.54, 1.807) is 31.9 Å². The van der Waals surface area contributed by atoms with Crippen LogP contribution in [0.25, 0.3) is 22.6 Å². The monoisotopic (exact) mass is 260 g/mol. The maximum absolute atomic E-state index is 11.8. The molecule has 3 heterocycles. The summed E-state index contributed by atoms with van der Waals surface area (Å²) in [4.78, 5) is 23.1. The van der Waals surface area contributed by atoms with Gasteiger partial charge in [0, 0.05) is 12.7 Å². The van der Waals surface area contributed by atoms with Gasteiger partial charge in [0.15, 0.2) is 11.3 Å². The largest absolute Gasteiger partial charge is 0.472 e. The molecule has 0 aromatic carbocycles. The summed E-state index contributed by atoms with van der Waals surface area (Å²) in [6.07, 6.45) is 4.75. The highest BCUT2D eigenvalue weighted by atomic mass is 16.5. The van der Waals surface area contributed by atoms with Crippen LogP contribution in [0.5, 0.6) is 0 Å². The van der Waals surface area contributed by atoms with Crippen molar-refractivity contribution in [2.45, 2.75) is 6.54 Å². The second kappa shape index (κ2) is 4.69. The molecule has 0 spiro atoms. The second-order valence-electron chi connectivity index (χ2n) is 4.01. The number of fused-ring (bicyclic) bond motifs is 1. The van der Waals surface area contributed by atoms with E-state index in [9.17, 15) is 4.79 Å². The molecule has 1 N–H and O–H groups in total. The number of methoxy groups -OCH3 is 1.